The van der Waals surface area contributed by atoms with E-state index in [9.17, 15) is 9.90 Å². The fourth-order valence-corrected chi connectivity index (χ4v) is 5.09. The Kier molecular flexibility index (Phi) is 6.92. The van der Waals surface area contributed by atoms with Crippen LogP contribution in [0, 0.1) is 0 Å². The van der Waals surface area contributed by atoms with Gasteiger partial charge in [-0.25, -0.2) is 0 Å². The quantitative estimate of drug-likeness (QED) is 0.635. The number of fused-ring (bicyclic) bond motifs is 1. The zero-order chi connectivity index (χ0) is 24.5. The molecule has 4 rings (SSSR count). The average Bonchev–Trinajstić information content (AvgIpc) is 2.83. The molecule has 1 spiro atoms. The molecule has 1 atom stereocenters. The summed E-state index contributed by atoms with van der Waals surface area (Å²) in [5.41, 5.74) is 1.82. The first-order valence-corrected chi connectivity index (χ1v) is 12.2. The number of carbonyl (C=O) groups is 1. The molecule has 0 saturated carbocycles. The third-order valence-electron chi connectivity index (χ3n) is 7.12. The second kappa shape index (κ2) is 9.59. The van der Waals surface area contributed by atoms with Crippen LogP contribution in [-0.2, 0) is 10.2 Å². The number of aliphatic hydroxyl groups excluding tert-OH is 1. The smallest absolute Gasteiger partial charge is 0.253 e. The number of hydrogen-bond acceptors (Lipinski definition) is 5. The molecule has 6 nitrogen and oxygen atoms in total. The minimum Gasteiger partial charge on any atom is -0.496 e. The Bertz CT molecular complexity index is 1030. The van der Waals surface area contributed by atoms with E-state index in [4.69, 9.17) is 14.2 Å². The lowest BCUT2D eigenvalue weighted by molar-refractivity contribution is -0.0872. The Hall–Kier alpha value is -2.57. The van der Waals surface area contributed by atoms with Gasteiger partial charge in [0.2, 0.25) is 0 Å². The van der Waals surface area contributed by atoms with Crippen LogP contribution in [-0.4, -0.2) is 54.4 Å². The molecule has 2 aliphatic rings. The van der Waals surface area contributed by atoms with Crippen molar-refractivity contribution >= 4 is 5.91 Å². The summed E-state index contributed by atoms with van der Waals surface area (Å²) < 4.78 is 18.4. The number of para-hydroxylation sites is 1. The van der Waals surface area contributed by atoms with Crippen LogP contribution in [0.25, 0.3) is 0 Å². The first-order chi connectivity index (χ1) is 16.2. The Morgan fingerprint density at radius 3 is 2.59 bits per heavy atom. The van der Waals surface area contributed by atoms with Crippen molar-refractivity contribution in [3.05, 3.63) is 59.2 Å². The molecule has 1 amide bonds. The van der Waals surface area contributed by atoms with Crippen LogP contribution < -0.4 is 9.47 Å². The van der Waals surface area contributed by atoms with Gasteiger partial charge in [0.1, 0.15) is 17.1 Å². The zero-order valence-corrected chi connectivity index (χ0v) is 21.0. The lowest BCUT2D eigenvalue weighted by Crippen LogP contribution is -2.52. The van der Waals surface area contributed by atoms with Crippen molar-refractivity contribution in [3.8, 4) is 11.5 Å². The first-order valence-electron chi connectivity index (χ1n) is 12.2. The maximum atomic E-state index is 13.3. The van der Waals surface area contributed by atoms with Crippen LogP contribution in [0.5, 0.6) is 11.5 Å². The van der Waals surface area contributed by atoms with Gasteiger partial charge in [-0.05, 0) is 32.0 Å². The number of carbonyl (C=O) groups excluding carboxylic acids is 1. The van der Waals surface area contributed by atoms with Crippen LogP contribution >= 0.6 is 0 Å². The molecule has 6 heteroatoms. The van der Waals surface area contributed by atoms with Crippen LogP contribution in [0.3, 0.4) is 0 Å². The Labute approximate surface area is 204 Å². The van der Waals surface area contributed by atoms with Crippen LogP contribution in [0.2, 0.25) is 0 Å². The Balaban J connectivity index is 0.00000342. The van der Waals surface area contributed by atoms with Crippen molar-refractivity contribution in [1.82, 2.24) is 4.90 Å². The van der Waals surface area contributed by atoms with Gasteiger partial charge in [0.15, 0.2) is 0 Å². The normalized spacial score (nSPS) is 19.6. The topological polar surface area (TPSA) is 68.2 Å². The van der Waals surface area contributed by atoms with Crippen molar-refractivity contribution in [2.75, 3.05) is 26.8 Å². The Morgan fingerprint density at radius 2 is 1.94 bits per heavy atom. The molecule has 2 aromatic rings. The monoisotopic (exact) mass is 469 g/mol. The number of hydrogen-bond donors (Lipinski definition) is 1. The van der Waals surface area contributed by atoms with E-state index < -0.39 is 5.41 Å². The highest BCUT2D eigenvalue weighted by Gasteiger charge is 2.44. The number of rotatable bonds is 6. The van der Waals surface area contributed by atoms with Crippen LogP contribution in [0.4, 0.5) is 0 Å². The van der Waals surface area contributed by atoms with Gasteiger partial charge in [-0.3, -0.25) is 4.79 Å². The van der Waals surface area contributed by atoms with E-state index in [1.54, 1.807) is 13.2 Å². The van der Waals surface area contributed by atoms with Gasteiger partial charge in [-0.1, -0.05) is 38.1 Å². The summed E-state index contributed by atoms with van der Waals surface area (Å²) in [5.74, 6) is 1.51. The molecule has 34 heavy (non-hydrogen) atoms. The number of aliphatic hydroxyl groups is 1. The number of ether oxygens (including phenoxy) is 3. The molecular formula is C28H39NO5. The number of likely N-dealkylation sites (tertiary alicyclic amines) is 1. The average molecular weight is 470 g/mol. The zero-order valence-electron chi connectivity index (χ0n) is 21.0. The molecule has 0 radical (unpaired) electrons. The van der Waals surface area contributed by atoms with Crippen molar-refractivity contribution in [2.24, 2.45) is 0 Å². The van der Waals surface area contributed by atoms with Crippen molar-refractivity contribution in [2.45, 2.75) is 70.2 Å². The maximum Gasteiger partial charge on any atom is 0.253 e. The number of piperidine rings is 1. The summed E-state index contributed by atoms with van der Waals surface area (Å²) in [7, 11) is 1.60. The minimum atomic E-state index is -0.451. The molecule has 2 heterocycles. The van der Waals surface area contributed by atoms with Gasteiger partial charge < -0.3 is 24.2 Å². The molecular weight excluding hydrogens is 430 g/mol. The summed E-state index contributed by atoms with van der Waals surface area (Å²) >= 11 is 0. The van der Waals surface area contributed by atoms with Gasteiger partial charge >= 0.3 is 0 Å². The summed E-state index contributed by atoms with van der Waals surface area (Å²) in [6.45, 7) is 9.28. The maximum absolute atomic E-state index is 13.3. The standard InChI is InChI=1S/C28H37NO5.H2/c1-19(2)33-25-17-28(34-23-9-7-6-8-21(23)25)12-14-29(15-13-28)26(31)20-10-11-22(24(16-20)32-5)27(3,4)18-30;/h6-11,16,19,25,30H,12-15,17-18H2,1-5H3;1H. The molecule has 0 bridgehead atoms. The van der Waals surface area contributed by atoms with E-state index in [0.717, 1.165) is 36.1 Å². The number of benzene rings is 2. The molecule has 1 fully saturated rings. The Morgan fingerprint density at radius 1 is 1.24 bits per heavy atom. The van der Waals surface area contributed by atoms with E-state index in [2.05, 4.69) is 19.9 Å². The largest absolute Gasteiger partial charge is 0.496 e. The van der Waals surface area contributed by atoms with Crippen molar-refractivity contribution < 1.29 is 25.5 Å². The van der Waals surface area contributed by atoms with E-state index in [1.807, 2.05) is 49.1 Å². The van der Waals surface area contributed by atoms with E-state index in [0.29, 0.717) is 24.4 Å². The molecule has 1 saturated heterocycles. The number of nitrogens with zero attached hydrogens (tertiary/aromatic N) is 1. The lowest BCUT2D eigenvalue weighted by Gasteiger charge is -2.47. The highest BCUT2D eigenvalue weighted by atomic mass is 16.5. The van der Waals surface area contributed by atoms with Crippen molar-refractivity contribution in [3.63, 3.8) is 0 Å². The van der Waals surface area contributed by atoms with Gasteiger partial charge in [0.05, 0.1) is 25.9 Å². The molecule has 2 aliphatic heterocycles. The SMILES string of the molecule is COc1cc(C(=O)N2CCC3(CC2)CC(OC(C)C)c2ccccc2O3)ccc1C(C)(C)CO.[HH]. The highest BCUT2D eigenvalue weighted by molar-refractivity contribution is 5.95. The third-order valence-corrected chi connectivity index (χ3v) is 7.12. The lowest BCUT2D eigenvalue weighted by atomic mass is 9.81. The highest BCUT2D eigenvalue weighted by Crippen LogP contribution is 2.46. The molecule has 1 N–H and O–H groups in total. The number of methoxy groups -OCH3 is 1. The molecule has 186 valence electrons. The van der Waals surface area contributed by atoms with Gasteiger partial charge in [-0.15, -0.1) is 0 Å². The molecule has 1 unspecified atom stereocenters. The predicted molar refractivity (Wildman–Crippen MR) is 134 cm³/mol. The first kappa shape index (κ1) is 24.6. The summed E-state index contributed by atoms with van der Waals surface area (Å²) in [6.07, 6.45) is 2.45. The summed E-state index contributed by atoms with van der Waals surface area (Å²) in [5, 5.41) is 9.75. The van der Waals surface area contributed by atoms with Gasteiger partial charge in [0.25, 0.3) is 5.91 Å². The fraction of sp³-hybridized carbons (Fsp3) is 0.536. The van der Waals surface area contributed by atoms with Crippen LogP contribution in [0.1, 0.15) is 76.0 Å². The van der Waals surface area contributed by atoms with E-state index in [1.165, 1.54) is 0 Å². The van der Waals surface area contributed by atoms with E-state index in [-0.39, 0.29) is 31.7 Å². The third kappa shape index (κ3) is 4.80. The molecule has 0 aliphatic carbocycles. The second-order valence-electron chi connectivity index (χ2n) is 10.4. The van der Waals surface area contributed by atoms with Crippen molar-refractivity contribution in [1.29, 1.82) is 0 Å². The predicted octanol–water partition coefficient (Wildman–Crippen LogP) is 5.13. The summed E-state index contributed by atoms with van der Waals surface area (Å²) in [4.78, 5) is 15.2. The van der Waals surface area contributed by atoms with Gasteiger partial charge in [-0.2, -0.15) is 0 Å². The molecule has 2 aromatic carbocycles. The fourth-order valence-electron chi connectivity index (χ4n) is 5.09. The summed E-state index contributed by atoms with van der Waals surface area (Å²) in [6, 6.07) is 13.6. The minimum absolute atomic E-state index is 0. The second-order valence-corrected chi connectivity index (χ2v) is 10.4. The molecule has 0 aromatic heterocycles. The van der Waals surface area contributed by atoms with Gasteiger partial charge in [0, 0.05) is 55.9 Å². The van der Waals surface area contributed by atoms with E-state index >= 15 is 0 Å². The van der Waals surface area contributed by atoms with Crippen LogP contribution in [0.15, 0.2) is 42.5 Å². The number of amides is 1.